The summed E-state index contributed by atoms with van der Waals surface area (Å²) in [6.07, 6.45) is 8.06. The van der Waals surface area contributed by atoms with Crippen molar-refractivity contribution in [1.82, 2.24) is 19.5 Å². The molecule has 9 heteroatoms. The SMILES string of the molecule is CC[C@@]1(I)[C@@H]2OCCCCCCCOC[C@H]2O[C@H]1n1cnc2c(C)nc(N)nc21. The molecule has 2 aromatic rings. The average molecular weight is 515 g/mol. The largest absolute Gasteiger partial charge is 0.379 e. The zero-order valence-electron chi connectivity index (χ0n) is 17.1. The normalized spacial score (nSPS) is 31.9. The summed E-state index contributed by atoms with van der Waals surface area (Å²) >= 11 is 2.52. The maximum absolute atomic E-state index is 6.57. The van der Waals surface area contributed by atoms with Crippen LogP contribution in [0.2, 0.25) is 0 Å². The molecule has 0 aromatic carbocycles. The fraction of sp³-hybridized carbons (Fsp3) is 0.750. The first-order valence-electron chi connectivity index (χ1n) is 10.5. The number of fused-ring (bicyclic) bond motifs is 2. The van der Waals surface area contributed by atoms with Crippen LogP contribution in [-0.2, 0) is 14.2 Å². The Kier molecular flexibility index (Phi) is 6.57. The molecule has 160 valence electrons. The highest BCUT2D eigenvalue weighted by atomic mass is 127. The second-order valence-electron chi connectivity index (χ2n) is 7.93. The minimum atomic E-state index is -0.268. The minimum absolute atomic E-state index is 0.0599. The summed E-state index contributed by atoms with van der Waals surface area (Å²) in [6.45, 7) is 6.14. The molecule has 0 unspecified atom stereocenters. The Balaban J connectivity index is 1.68. The predicted octanol–water partition coefficient (Wildman–Crippen LogP) is 3.56. The van der Waals surface area contributed by atoms with E-state index in [1.807, 2.05) is 11.5 Å². The number of rotatable bonds is 2. The summed E-state index contributed by atoms with van der Waals surface area (Å²) in [7, 11) is 0. The zero-order valence-corrected chi connectivity index (χ0v) is 19.3. The number of halogens is 1. The van der Waals surface area contributed by atoms with Crippen LogP contribution in [0, 0.1) is 6.92 Å². The van der Waals surface area contributed by atoms with Gasteiger partial charge in [-0.2, -0.15) is 4.98 Å². The van der Waals surface area contributed by atoms with Crippen LogP contribution in [0.15, 0.2) is 6.33 Å². The van der Waals surface area contributed by atoms with Crippen LogP contribution in [0.1, 0.15) is 57.4 Å². The van der Waals surface area contributed by atoms with Crippen LogP contribution in [0.25, 0.3) is 11.2 Å². The Morgan fingerprint density at radius 3 is 2.76 bits per heavy atom. The van der Waals surface area contributed by atoms with Gasteiger partial charge >= 0.3 is 0 Å². The number of nitrogens with two attached hydrogens (primary N) is 1. The molecule has 0 bridgehead atoms. The third-order valence-electron chi connectivity index (χ3n) is 5.94. The van der Waals surface area contributed by atoms with Gasteiger partial charge in [-0.05, 0) is 26.2 Å². The second kappa shape index (κ2) is 8.99. The monoisotopic (exact) mass is 515 g/mol. The van der Waals surface area contributed by atoms with E-state index >= 15 is 0 Å². The van der Waals surface area contributed by atoms with Crippen LogP contribution in [0.4, 0.5) is 5.95 Å². The van der Waals surface area contributed by atoms with Gasteiger partial charge in [0.1, 0.15) is 17.7 Å². The Morgan fingerprint density at radius 1 is 1.21 bits per heavy atom. The number of anilines is 1. The lowest BCUT2D eigenvalue weighted by molar-refractivity contribution is -0.0773. The molecule has 0 aliphatic carbocycles. The van der Waals surface area contributed by atoms with Crippen molar-refractivity contribution in [2.75, 3.05) is 25.6 Å². The van der Waals surface area contributed by atoms with Crippen molar-refractivity contribution in [3.8, 4) is 0 Å². The fourth-order valence-corrected chi connectivity index (χ4v) is 5.37. The van der Waals surface area contributed by atoms with Crippen molar-refractivity contribution in [2.24, 2.45) is 0 Å². The summed E-state index contributed by atoms with van der Waals surface area (Å²) in [6, 6.07) is 0. The second-order valence-corrected chi connectivity index (χ2v) is 9.94. The van der Waals surface area contributed by atoms with E-state index in [4.69, 9.17) is 19.9 Å². The highest BCUT2D eigenvalue weighted by Crippen LogP contribution is 2.50. The van der Waals surface area contributed by atoms with Crippen LogP contribution < -0.4 is 5.73 Å². The number of ether oxygens (including phenoxy) is 3. The maximum atomic E-state index is 6.57. The van der Waals surface area contributed by atoms with Gasteiger partial charge in [0.15, 0.2) is 11.9 Å². The van der Waals surface area contributed by atoms with Crippen LogP contribution in [-0.4, -0.2) is 55.0 Å². The van der Waals surface area contributed by atoms with Crippen LogP contribution in [0.5, 0.6) is 0 Å². The number of aryl methyl sites for hydroxylation is 1. The quantitative estimate of drug-likeness (QED) is 0.483. The van der Waals surface area contributed by atoms with Crippen LogP contribution in [0.3, 0.4) is 0 Å². The Labute approximate surface area is 185 Å². The Morgan fingerprint density at radius 2 is 1.97 bits per heavy atom. The van der Waals surface area contributed by atoms with Gasteiger partial charge in [-0.15, -0.1) is 0 Å². The van der Waals surface area contributed by atoms with E-state index in [0.717, 1.165) is 43.7 Å². The van der Waals surface area contributed by atoms with Gasteiger partial charge in [0.25, 0.3) is 0 Å². The number of nitrogen functional groups attached to an aromatic ring is 1. The molecular weight excluding hydrogens is 485 g/mol. The van der Waals surface area contributed by atoms with Gasteiger partial charge in [-0.1, -0.05) is 48.8 Å². The van der Waals surface area contributed by atoms with E-state index in [2.05, 4.69) is 44.5 Å². The number of alkyl halides is 1. The summed E-state index contributed by atoms with van der Waals surface area (Å²) < 4.78 is 20.7. The first-order valence-corrected chi connectivity index (χ1v) is 11.6. The Bertz CT molecular complexity index is 847. The van der Waals surface area contributed by atoms with Crippen molar-refractivity contribution in [2.45, 2.75) is 74.2 Å². The van der Waals surface area contributed by atoms with Gasteiger partial charge < -0.3 is 19.9 Å². The van der Waals surface area contributed by atoms with Crippen molar-refractivity contribution < 1.29 is 14.2 Å². The van der Waals surface area contributed by atoms with E-state index in [0.29, 0.717) is 12.3 Å². The lowest BCUT2D eigenvalue weighted by atomic mass is 9.96. The topological polar surface area (TPSA) is 97.3 Å². The number of hydrogen-bond donors (Lipinski definition) is 1. The molecule has 2 aliphatic rings. The molecule has 0 saturated carbocycles. The Hall–Kier alpha value is -1.04. The highest BCUT2D eigenvalue weighted by Gasteiger charge is 2.56. The molecule has 8 nitrogen and oxygen atoms in total. The third-order valence-corrected chi connectivity index (χ3v) is 7.85. The lowest BCUT2D eigenvalue weighted by Gasteiger charge is -2.33. The van der Waals surface area contributed by atoms with Crippen molar-refractivity contribution >= 4 is 39.7 Å². The van der Waals surface area contributed by atoms with Gasteiger partial charge in [0, 0.05) is 13.2 Å². The van der Waals surface area contributed by atoms with Gasteiger partial charge in [0.05, 0.1) is 22.0 Å². The number of hydrogen-bond acceptors (Lipinski definition) is 7. The molecule has 2 fully saturated rings. The zero-order chi connectivity index (χ0) is 20.4. The van der Waals surface area contributed by atoms with Crippen molar-refractivity contribution in [3.05, 3.63) is 12.0 Å². The molecule has 2 saturated heterocycles. The molecule has 4 atom stereocenters. The fourth-order valence-electron chi connectivity index (χ4n) is 4.34. The lowest BCUT2D eigenvalue weighted by Crippen LogP contribution is -2.43. The first-order chi connectivity index (χ1) is 14.0. The van der Waals surface area contributed by atoms with Crippen molar-refractivity contribution in [3.63, 3.8) is 0 Å². The molecule has 0 amide bonds. The molecule has 29 heavy (non-hydrogen) atoms. The third kappa shape index (κ3) is 4.11. The smallest absolute Gasteiger partial charge is 0.222 e. The first kappa shape index (κ1) is 21.2. The van der Waals surface area contributed by atoms with Crippen molar-refractivity contribution in [1.29, 1.82) is 0 Å². The van der Waals surface area contributed by atoms with E-state index in [1.165, 1.54) is 19.3 Å². The van der Waals surface area contributed by atoms with E-state index < -0.39 is 0 Å². The molecular formula is C20H30IN5O3. The van der Waals surface area contributed by atoms with E-state index in [1.54, 1.807) is 6.33 Å². The molecule has 2 aliphatic heterocycles. The number of imidazole rings is 1. The number of nitrogens with zero attached hydrogens (tertiary/aromatic N) is 4. The molecule has 4 rings (SSSR count). The maximum Gasteiger partial charge on any atom is 0.222 e. The molecule has 2 aromatic heterocycles. The average Bonchev–Trinajstić information content (AvgIpc) is 3.21. The number of aromatic nitrogens is 4. The van der Waals surface area contributed by atoms with Gasteiger partial charge in [-0.25, -0.2) is 9.97 Å². The standard InChI is InChI=1S/C20H30IN5O3/c1-3-20(21)16-14(11-27-9-7-5-4-6-8-10-28-16)29-18(20)26-12-23-15-13(2)24-19(22)25-17(15)26/h12,14,16,18H,3-11H2,1-2H3,(H2,22,24,25)/t14-,16-,18-,20-/m1/s1. The highest BCUT2D eigenvalue weighted by molar-refractivity contribution is 14.1. The summed E-state index contributed by atoms with van der Waals surface area (Å²) in [5.41, 5.74) is 8.15. The predicted molar refractivity (Wildman–Crippen MR) is 119 cm³/mol. The summed E-state index contributed by atoms with van der Waals surface area (Å²) in [4.78, 5) is 13.2. The minimum Gasteiger partial charge on any atom is -0.379 e. The summed E-state index contributed by atoms with van der Waals surface area (Å²) in [5.74, 6) is 0.247. The molecule has 4 heterocycles. The molecule has 2 N–H and O–H groups in total. The van der Waals surface area contributed by atoms with E-state index in [-0.39, 0.29) is 27.8 Å². The molecule has 0 spiro atoms. The van der Waals surface area contributed by atoms with Gasteiger partial charge in [0.2, 0.25) is 5.95 Å². The van der Waals surface area contributed by atoms with E-state index in [9.17, 15) is 0 Å². The van der Waals surface area contributed by atoms with Crippen LogP contribution >= 0.6 is 22.6 Å². The molecule has 0 radical (unpaired) electrons. The summed E-state index contributed by atoms with van der Waals surface area (Å²) in [5, 5.41) is 0. The van der Waals surface area contributed by atoms with Gasteiger partial charge in [-0.3, -0.25) is 4.57 Å².